The van der Waals surface area contributed by atoms with Crippen LogP contribution in [0.15, 0.2) is 79.7 Å². The molecule has 3 aromatic rings. The molecule has 3 heterocycles. The molecule has 104 valence electrons. The van der Waals surface area contributed by atoms with Crippen molar-refractivity contribution < 1.29 is 0 Å². The second-order valence-corrected chi connectivity index (χ2v) is 5.10. The van der Waals surface area contributed by atoms with Crippen molar-refractivity contribution in [2.24, 2.45) is 0 Å². The van der Waals surface area contributed by atoms with Crippen molar-refractivity contribution in [3.8, 4) is 0 Å². The molecule has 0 unspecified atom stereocenters. The van der Waals surface area contributed by atoms with Crippen LogP contribution >= 0.6 is 0 Å². The molecule has 0 bridgehead atoms. The van der Waals surface area contributed by atoms with Gasteiger partial charge in [0.15, 0.2) is 0 Å². The molecule has 7 heteroatoms. The van der Waals surface area contributed by atoms with Gasteiger partial charge in [-0.3, -0.25) is 0 Å². The summed E-state index contributed by atoms with van der Waals surface area (Å²) in [5, 5.41) is 13.5. The molecule has 0 fully saturated rings. The molecule has 6 nitrogen and oxygen atoms in total. The van der Waals surface area contributed by atoms with Gasteiger partial charge in [0, 0.05) is 18.6 Å². The van der Waals surface area contributed by atoms with Gasteiger partial charge in [0.1, 0.15) is 0 Å². The van der Waals surface area contributed by atoms with Crippen LogP contribution in [0.1, 0.15) is 0 Å². The molecule has 0 aromatic carbocycles. The van der Waals surface area contributed by atoms with E-state index in [9.17, 15) is 0 Å². The molecular formula is C14H14BN6-. The second kappa shape index (κ2) is 4.62. The van der Waals surface area contributed by atoms with Crippen molar-refractivity contribution in [2.45, 2.75) is 5.82 Å². The first-order chi connectivity index (χ1) is 10.4. The van der Waals surface area contributed by atoms with E-state index < -0.39 is 6.55 Å². The maximum atomic E-state index is 4.50. The van der Waals surface area contributed by atoms with Crippen LogP contribution in [0.2, 0.25) is 5.82 Å². The summed E-state index contributed by atoms with van der Waals surface area (Å²) in [7, 11) is 0. The Balaban J connectivity index is 2.04. The zero-order valence-electron chi connectivity index (χ0n) is 11.3. The monoisotopic (exact) mass is 277 g/mol. The molecule has 0 N–H and O–H groups in total. The predicted molar refractivity (Wildman–Crippen MR) is 80.7 cm³/mol. The fourth-order valence-electron chi connectivity index (χ4n) is 3.16. The lowest BCUT2D eigenvalue weighted by Gasteiger charge is -2.45. The molecule has 1 aliphatic carbocycles. The topological polar surface area (TPSA) is 53.5 Å². The van der Waals surface area contributed by atoms with Gasteiger partial charge in [-0.15, -0.1) is 12.2 Å². The minimum atomic E-state index is -1.56. The van der Waals surface area contributed by atoms with E-state index in [0.717, 1.165) is 0 Å². The summed E-state index contributed by atoms with van der Waals surface area (Å²) in [6, 6.07) is 5.77. The van der Waals surface area contributed by atoms with Gasteiger partial charge < -0.3 is 13.8 Å². The maximum Gasteiger partial charge on any atom is 0.350 e. The largest absolute Gasteiger partial charge is 0.399 e. The third-order valence-corrected chi connectivity index (χ3v) is 4.04. The lowest BCUT2D eigenvalue weighted by Crippen LogP contribution is -2.61. The molecular weight excluding hydrogens is 263 g/mol. The van der Waals surface area contributed by atoms with Crippen molar-refractivity contribution in [2.75, 3.05) is 0 Å². The maximum absolute atomic E-state index is 4.50. The Morgan fingerprint density at radius 3 is 1.43 bits per heavy atom. The SMILES string of the molecule is C1=CC([B-](n2cccn2)(n2cccn2)n2cccn2)C=C1. The van der Waals surface area contributed by atoms with Crippen molar-refractivity contribution in [1.29, 1.82) is 0 Å². The van der Waals surface area contributed by atoms with Crippen molar-refractivity contribution in [3.05, 3.63) is 79.7 Å². The molecule has 1 aliphatic rings. The Bertz CT molecular complexity index is 658. The first kappa shape index (κ1) is 12.0. The van der Waals surface area contributed by atoms with E-state index in [-0.39, 0.29) is 5.82 Å². The number of allylic oxidation sites excluding steroid dienone is 4. The number of rotatable bonds is 4. The Kier molecular flexibility index (Phi) is 2.63. The van der Waals surface area contributed by atoms with Crippen LogP contribution in [0, 0.1) is 0 Å². The zero-order chi connectivity index (χ0) is 14.1. The second-order valence-electron chi connectivity index (χ2n) is 5.10. The van der Waals surface area contributed by atoms with Crippen LogP contribution in [0.5, 0.6) is 0 Å². The van der Waals surface area contributed by atoms with Gasteiger partial charge in [-0.25, -0.2) is 15.3 Å². The number of hydrogen-bond acceptors (Lipinski definition) is 3. The summed E-state index contributed by atoms with van der Waals surface area (Å²) in [4.78, 5) is 0. The third kappa shape index (κ3) is 1.64. The van der Waals surface area contributed by atoms with Crippen LogP contribution in [-0.2, 0) is 0 Å². The molecule has 21 heavy (non-hydrogen) atoms. The fraction of sp³-hybridized carbons (Fsp3) is 0.0714. The van der Waals surface area contributed by atoms with E-state index in [1.807, 2.05) is 50.6 Å². The van der Waals surface area contributed by atoms with Gasteiger partial charge in [0.25, 0.3) is 0 Å². The standard InChI is InChI=1S/C14H14BN6/c1-2-7-14(6-1)15(19-11-3-8-16-19,20-12-4-9-17-20)21-13-5-10-18-21/h1-14H/q-1. The number of aromatic nitrogens is 6. The average molecular weight is 277 g/mol. The molecule has 0 atom stereocenters. The van der Waals surface area contributed by atoms with Crippen LogP contribution in [0.3, 0.4) is 0 Å². The molecule has 0 aliphatic heterocycles. The Hall–Kier alpha value is -2.83. The molecule has 3 aromatic heterocycles. The van der Waals surface area contributed by atoms with E-state index in [1.54, 1.807) is 18.6 Å². The molecule has 0 saturated heterocycles. The third-order valence-electron chi connectivity index (χ3n) is 4.04. The summed E-state index contributed by atoms with van der Waals surface area (Å²) < 4.78 is 5.85. The Morgan fingerprint density at radius 2 is 1.10 bits per heavy atom. The van der Waals surface area contributed by atoms with Gasteiger partial charge in [-0.1, -0.05) is 18.0 Å². The van der Waals surface area contributed by atoms with E-state index in [2.05, 4.69) is 39.6 Å². The lowest BCUT2D eigenvalue weighted by atomic mass is 9.49. The van der Waals surface area contributed by atoms with Gasteiger partial charge in [0.2, 0.25) is 0 Å². The molecule has 4 rings (SSSR count). The summed E-state index contributed by atoms with van der Waals surface area (Å²) in [6.07, 6.45) is 19.7. The predicted octanol–water partition coefficient (Wildman–Crippen LogP) is 1.66. The van der Waals surface area contributed by atoms with Crippen molar-refractivity contribution >= 4 is 6.55 Å². The highest BCUT2D eigenvalue weighted by Gasteiger charge is 2.40. The van der Waals surface area contributed by atoms with Gasteiger partial charge >= 0.3 is 6.55 Å². The first-order valence-corrected chi connectivity index (χ1v) is 6.92. The molecule has 0 radical (unpaired) electrons. The number of nitrogens with zero attached hydrogens (tertiary/aromatic N) is 6. The summed E-state index contributed by atoms with van der Waals surface area (Å²) >= 11 is 0. The van der Waals surface area contributed by atoms with Gasteiger partial charge in [-0.05, 0) is 36.8 Å². The highest BCUT2D eigenvalue weighted by atomic mass is 15.5. The highest BCUT2D eigenvalue weighted by molar-refractivity contribution is 6.77. The normalized spacial score (nSPS) is 15.0. The average Bonchev–Trinajstić information content (AvgIpc) is 3.32. The van der Waals surface area contributed by atoms with Crippen LogP contribution in [-0.4, -0.2) is 35.6 Å². The molecule has 0 saturated carbocycles. The Labute approximate surface area is 122 Å². The van der Waals surface area contributed by atoms with Crippen LogP contribution < -0.4 is 0 Å². The van der Waals surface area contributed by atoms with Crippen LogP contribution in [0.4, 0.5) is 0 Å². The number of hydrogen-bond donors (Lipinski definition) is 0. The fourth-order valence-corrected chi connectivity index (χ4v) is 3.16. The first-order valence-electron chi connectivity index (χ1n) is 6.92. The van der Waals surface area contributed by atoms with E-state index in [1.165, 1.54) is 0 Å². The van der Waals surface area contributed by atoms with Gasteiger partial charge in [-0.2, -0.15) is 0 Å². The Morgan fingerprint density at radius 1 is 0.667 bits per heavy atom. The van der Waals surface area contributed by atoms with E-state index in [0.29, 0.717) is 0 Å². The quantitative estimate of drug-likeness (QED) is 0.681. The smallest absolute Gasteiger partial charge is 0.350 e. The lowest BCUT2D eigenvalue weighted by molar-refractivity contribution is 0.706. The molecule has 0 amide bonds. The van der Waals surface area contributed by atoms with Crippen molar-refractivity contribution in [1.82, 2.24) is 29.1 Å². The van der Waals surface area contributed by atoms with Crippen LogP contribution in [0.25, 0.3) is 0 Å². The van der Waals surface area contributed by atoms with E-state index in [4.69, 9.17) is 0 Å². The minimum absolute atomic E-state index is 0.115. The summed E-state index contributed by atoms with van der Waals surface area (Å²) in [6.45, 7) is -1.56. The highest BCUT2D eigenvalue weighted by Crippen LogP contribution is 2.31. The molecule has 0 spiro atoms. The van der Waals surface area contributed by atoms with E-state index >= 15 is 0 Å². The van der Waals surface area contributed by atoms with Gasteiger partial charge in [0.05, 0.1) is 0 Å². The zero-order valence-corrected chi connectivity index (χ0v) is 11.3. The summed E-state index contributed by atoms with van der Waals surface area (Å²) in [5.41, 5.74) is 0. The summed E-state index contributed by atoms with van der Waals surface area (Å²) in [5.74, 6) is 0.115. The minimum Gasteiger partial charge on any atom is -0.399 e. The van der Waals surface area contributed by atoms with Crippen molar-refractivity contribution in [3.63, 3.8) is 0 Å².